The number of nitrogens with zero attached hydrogens (tertiary/aromatic N) is 3. The summed E-state index contributed by atoms with van der Waals surface area (Å²) in [7, 11) is 7.65. The number of methoxy groups -OCH3 is 1. The molecule has 1 heterocycles. The number of rotatable bonds is 9. The summed E-state index contributed by atoms with van der Waals surface area (Å²) in [5.41, 5.74) is 1.16. The highest BCUT2D eigenvalue weighted by Gasteiger charge is 2.18. The Hall–Kier alpha value is -2.12. The van der Waals surface area contributed by atoms with Crippen LogP contribution in [-0.4, -0.2) is 57.2 Å². The quantitative estimate of drug-likeness (QED) is 0.510. The molecule has 0 saturated carbocycles. The Morgan fingerprint density at radius 2 is 2.07 bits per heavy atom. The molecule has 6 nitrogen and oxygen atoms in total. The summed E-state index contributed by atoms with van der Waals surface area (Å²) in [6.07, 6.45) is 3.92. The number of hydrogen-bond donors (Lipinski definition) is 2. The molecule has 0 fully saturated rings. The fraction of sp³-hybridized carbons (Fsp3) is 0.500. The fourth-order valence-electron chi connectivity index (χ4n) is 2.84. The van der Waals surface area contributed by atoms with Crippen molar-refractivity contribution in [2.45, 2.75) is 25.8 Å². The highest BCUT2D eigenvalue weighted by Crippen LogP contribution is 2.27. The number of guanidine groups is 1. The molecule has 0 saturated heterocycles. The van der Waals surface area contributed by atoms with Gasteiger partial charge in [-0.05, 0) is 26.6 Å². The number of aromatic nitrogens is 1. The van der Waals surface area contributed by atoms with Crippen LogP contribution in [0.25, 0.3) is 0 Å². The number of aliphatic imine (C=N–C) groups is 1. The molecule has 148 valence electrons. The number of aryl methyl sites for hydroxylation is 1. The maximum atomic E-state index is 5.53. The minimum atomic E-state index is 0.172. The molecule has 1 aromatic carbocycles. The Morgan fingerprint density at radius 3 is 2.70 bits per heavy atom. The van der Waals surface area contributed by atoms with Gasteiger partial charge in [-0.25, -0.2) is 4.98 Å². The van der Waals surface area contributed by atoms with Gasteiger partial charge in [-0.1, -0.05) is 25.1 Å². The predicted molar refractivity (Wildman–Crippen MR) is 114 cm³/mol. The van der Waals surface area contributed by atoms with E-state index in [0.29, 0.717) is 0 Å². The molecule has 1 atom stereocenters. The van der Waals surface area contributed by atoms with Gasteiger partial charge >= 0.3 is 0 Å². The first kappa shape index (κ1) is 21.2. The molecule has 2 rings (SSSR count). The van der Waals surface area contributed by atoms with E-state index in [1.807, 2.05) is 24.4 Å². The highest BCUT2D eigenvalue weighted by atomic mass is 32.1. The lowest BCUT2D eigenvalue weighted by Gasteiger charge is -2.27. The molecular formula is C20H31N5OS. The molecule has 0 radical (unpaired) electrons. The number of benzene rings is 1. The van der Waals surface area contributed by atoms with Crippen molar-refractivity contribution in [2.24, 2.45) is 4.99 Å². The van der Waals surface area contributed by atoms with Crippen LogP contribution >= 0.6 is 11.3 Å². The Kier molecular flexibility index (Phi) is 8.54. The van der Waals surface area contributed by atoms with E-state index in [2.05, 4.69) is 52.6 Å². The molecule has 7 heteroatoms. The highest BCUT2D eigenvalue weighted by molar-refractivity contribution is 7.11. The molecule has 1 unspecified atom stereocenters. The summed E-state index contributed by atoms with van der Waals surface area (Å²) in [5.74, 6) is 1.69. The van der Waals surface area contributed by atoms with E-state index < -0.39 is 0 Å². The third-order valence-electron chi connectivity index (χ3n) is 4.39. The number of hydrogen-bond acceptors (Lipinski definition) is 5. The summed E-state index contributed by atoms with van der Waals surface area (Å²) < 4.78 is 5.53. The molecule has 0 spiro atoms. The van der Waals surface area contributed by atoms with Crippen molar-refractivity contribution in [3.05, 3.63) is 45.9 Å². The lowest BCUT2D eigenvalue weighted by Crippen LogP contribution is -2.42. The van der Waals surface area contributed by atoms with Crippen LogP contribution in [0.3, 0.4) is 0 Å². The van der Waals surface area contributed by atoms with Crippen LogP contribution in [0.4, 0.5) is 0 Å². The van der Waals surface area contributed by atoms with Crippen LogP contribution in [0.5, 0.6) is 5.75 Å². The Labute approximate surface area is 166 Å². The molecule has 0 bridgehead atoms. The lowest BCUT2D eigenvalue weighted by molar-refractivity contribution is 0.288. The number of para-hydroxylation sites is 1. The van der Waals surface area contributed by atoms with Crippen LogP contribution in [-0.2, 0) is 12.8 Å². The van der Waals surface area contributed by atoms with E-state index in [-0.39, 0.29) is 6.04 Å². The number of likely N-dealkylation sites (N-methyl/N-ethyl adjacent to an activating group) is 1. The Bertz CT molecular complexity index is 729. The first-order valence-corrected chi connectivity index (χ1v) is 10.1. The first-order valence-electron chi connectivity index (χ1n) is 9.26. The first-order chi connectivity index (χ1) is 13.1. The molecule has 0 aliphatic heterocycles. The topological polar surface area (TPSA) is 61.8 Å². The van der Waals surface area contributed by atoms with Gasteiger partial charge in [0.05, 0.1) is 18.2 Å². The van der Waals surface area contributed by atoms with Crippen molar-refractivity contribution >= 4 is 17.3 Å². The SMILES string of the molecule is CCc1cnc(CCNC(=NC)NCC(c2ccccc2OC)N(C)C)s1. The monoisotopic (exact) mass is 389 g/mol. The van der Waals surface area contributed by atoms with Crippen molar-refractivity contribution in [1.29, 1.82) is 0 Å². The van der Waals surface area contributed by atoms with Crippen molar-refractivity contribution in [3.8, 4) is 5.75 Å². The summed E-state index contributed by atoms with van der Waals surface area (Å²) in [5, 5.41) is 7.97. The van der Waals surface area contributed by atoms with Gasteiger partial charge in [0.25, 0.3) is 0 Å². The minimum absolute atomic E-state index is 0.172. The van der Waals surface area contributed by atoms with Gasteiger partial charge in [-0.15, -0.1) is 11.3 Å². The van der Waals surface area contributed by atoms with Gasteiger partial charge < -0.3 is 20.3 Å². The van der Waals surface area contributed by atoms with Gasteiger partial charge in [0.2, 0.25) is 0 Å². The van der Waals surface area contributed by atoms with Crippen molar-refractivity contribution in [1.82, 2.24) is 20.5 Å². The number of ether oxygens (including phenoxy) is 1. The second-order valence-corrected chi connectivity index (χ2v) is 7.62. The van der Waals surface area contributed by atoms with Crippen LogP contribution in [0, 0.1) is 0 Å². The summed E-state index contributed by atoms with van der Waals surface area (Å²) in [4.78, 5) is 12.3. The van der Waals surface area contributed by atoms with Gasteiger partial charge in [0.15, 0.2) is 5.96 Å². The lowest BCUT2D eigenvalue weighted by atomic mass is 10.0. The van der Waals surface area contributed by atoms with Crippen LogP contribution in [0.15, 0.2) is 35.5 Å². The molecule has 0 aliphatic rings. The number of nitrogens with one attached hydrogen (secondary N) is 2. The van der Waals surface area contributed by atoms with Gasteiger partial charge in [-0.2, -0.15) is 0 Å². The van der Waals surface area contributed by atoms with Gasteiger partial charge in [-0.3, -0.25) is 4.99 Å². The van der Waals surface area contributed by atoms with Crippen molar-refractivity contribution < 1.29 is 4.74 Å². The Balaban J connectivity index is 1.90. The van der Waals surface area contributed by atoms with E-state index >= 15 is 0 Å². The minimum Gasteiger partial charge on any atom is -0.496 e. The van der Waals surface area contributed by atoms with Gasteiger partial charge in [0.1, 0.15) is 5.75 Å². The molecule has 27 heavy (non-hydrogen) atoms. The average molecular weight is 390 g/mol. The van der Waals surface area contributed by atoms with E-state index in [1.165, 1.54) is 4.88 Å². The van der Waals surface area contributed by atoms with Crippen LogP contribution in [0.2, 0.25) is 0 Å². The molecule has 2 aromatic rings. The smallest absolute Gasteiger partial charge is 0.191 e. The number of thiazole rings is 1. The molecule has 0 aliphatic carbocycles. The largest absolute Gasteiger partial charge is 0.496 e. The molecule has 2 N–H and O–H groups in total. The van der Waals surface area contributed by atoms with E-state index in [9.17, 15) is 0 Å². The maximum absolute atomic E-state index is 5.53. The van der Waals surface area contributed by atoms with Crippen molar-refractivity contribution in [3.63, 3.8) is 0 Å². The third kappa shape index (κ3) is 6.22. The summed E-state index contributed by atoms with van der Waals surface area (Å²) in [6, 6.07) is 8.31. The van der Waals surface area contributed by atoms with Gasteiger partial charge in [0, 0.05) is 43.2 Å². The molecular weight excluding hydrogens is 358 g/mol. The zero-order valence-electron chi connectivity index (χ0n) is 17.0. The zero-order chi connectivity index (χ0) is 19.6. The summed E-state index contributed by atoms with van der Waals surface area (Å²) >= 11 is 1.78. The molecule has 0 amide bonds. The predicted octanol–water partition coefficient (Wildman–Crippen LogP) is 2.72. The normalized spacial score (nSPS) is 12.9. The van der Waals surface area contributed by atoms with E-state index in [1.54, 1.807) is 25.5 Å². The van der Waals surface area contributed by atoms with Crippen LogP contribution in [0.1, 0.15) is 28.4 Å². The second-order valence-electron chi connectivity index (χ2n) is 6.43. The summed E-state index contributed by atoms with van der Waals surface area (Å²) in [6.45, 7) is 3.69. The van der Waals surface area contributed by atoms with Crippen LogP contribution < -0.4 is 15.4 Å². The zero-order valence-corrected chi connectivity index (χ0v) is 17.8. The third-order valence-corrected chi connectivity index (χ3v) is 5.59. The second kappa shape index (κ2) is 10.9. The average Bonchev–Trinajstić information content (AvgIpc) is 3.14. The Morgan fingerprint density at radius 1 is 1.30 bits per heavy atom. The maximum Gasteiger partial charge on any atom is 0.191 e. The molecule has 1 aromatic heterocycles. The van der Waals surface area contributed by atoms with E-state index in [0.717, 1.165) is 48.2 Å². The fourth-order valence-corrected chi connectivity index (χ4v) is 3.70. The standard InChI is InChI=1S/C20H31N5OS/c1-6-15-13-23-19(27-15)11-12-22-20(21-2)24-14-17(25(3)4)16-9-7-8-10-18(16)26-5/h7-10,13,17H,6,11-12,14H2,1-5H3,(H2,21,22,24). The van der Waals surface area contributed by atoms with Crippen molar-refractivity contribution in [2.75, 3.05) is 41.3 Å². The van der Waals surface area contributed by atoms with E-state index in [4.69, 9.17) is 4.74 Å².